The van der Waals surface area contributed by atoms with Gasteiger partial charge in [-0.25, -0.2) is 9.07 Å². The summed E-state index contributed by atoms with van der Waals surface area (Å²) in [6, 6.07) is 12.0. The van der Waals surface area contributed by atoms with Crippen molar-refractivity contribution in [1.29, 1.82) is 0 Å². The number of benzene rings is 2. The molecule has 1 aliphatic heterocycles. The summed E-state index contributed by atoms with van der Waals surface area (Å²) in [7, 11) is 1.62. The predicted molar refractivity (Wildman–Crippen MR) is 99.6 cm³/mol. The van der Waals surface area contributed by atoms with Crippen LogP contribution in [0, 0.1) is 12.7 Å². The maximum Gasteiger partial charge on any atom is 0.278 e. The van der Waals surface area contributed by atoms with E-state index in [2.05, 4.69) is 15.6 Å². The van der Waals surface area contributed by atoms with Gasteiger partial charge in [-0.3, -0.25) is 4.79 Å². The Labute approximate surface area is 161 Å². The molecule has 1 N–H and O–H groups in total. The molecular formula is C20H19FN4O3. The van der Waals surface area contributed by atoms with Gasteiger partial charge in [0.2, 0.25) is 0 Å². The number of anilines is 1. The molecule has 0 spiro atoms. The number of ether oxygens (including phenoxy) is 2. The summed E-state index contributed by atoms with van der Waals surface area (Å²) in [5.74, 6) is 0.0479. The Morgan fingerprint density at radius 2 is 2.07 bits per heavy atom. The normalized spacial score (nSPS) is 15.8. The van der Waals surface area contributed by atoms with Gasteiger partial charge in [0.1, 0.15) is 17.7 Å². The molecule has 0 aliphatic carbocycles. The van der Waals surface area contributed by atoms with Crippen LogP contribution in [0.15, 0.2) is 42.5 Å². The van der Waals surface area contributed by atoms with Crippen molar-refractivity contribution in [3.63, 3.8) is 0 Å². The van der Waals surface area contributed by atoms with Crippen LogP contribution in [0.1, 0.15) is 33.4 Å². The second-order valence-corrected chi connectivity index (χ2v) is 6.56. The van der Waals surface area contributed by atoms with Crippen molar-refractivity contribution in [2.24, 2.45) is 0 Å². The lowest BCUT2D eigenvalue weighted by Gasteiger charge is -2.24. The quantitative estimate of drug-likeness (QED) is 0.749. The third kappa shape index (κ3) is 3.46. The monoisotopic (exact) mass is 382 g/mol. The van der Waals surface area contributed by atoms with Gasteiger partial charge in [-0.05, 0) is 48.4 Å². The van der Waals surface area contributed by atoms with Gasteiger partial charge in [-0.2, -0.15) is 0 Å². The molecule has 4 rings (SSSR count). The summed E-state index contributed by atoms with van der Waals surface area (Å²) in [5.41, 5.74) is 2.76. The van der Waals surface area contributed by atoms with E-state index in [9.17, 15) is 9.18 Å². The second-order valence-electron chi connectivity index (χ2n) is 6.56. The van der Waals surface area contributed by atoms with Crippen molar-refractivity contribution in [2.45, 2.75) is 26.2 Å². The van der Waals surface area contributed by atoms with Gasteiger partial charge in [0.15, 0.2) is 5.69 Å². The minimum absolute atomic E-state index is 0.184. The number of nitrogens with one attached hydrogen (secondary N) is 1. The van der Waals surface area contributed by atoms with Crippen molar-refractivity contribution in [1.82, 2.24) is 15.0 Å². The first kappa shape index (κ1) is 18.1. The summed E-state index contributed by atoms with van der Waals surface area (Å²) in [4.78, 5) is 12.6. The summed E-state index contributed by atoms with van der Waals surface area (Å²) in [5, 5.41) is 10.8. The lowest BCUT2D eigenvalue weighted by molar-refractivity contribution is -0.00173. The molecule has 1 aromatic heterocycles. The molecule has 8 heteroatoms. The molecule has 2 heterocycles. The minimum Gasteiger partial charge on any atom is -0.497 e. The highest BCUT2D eigenvalue weighted by atomic mass is 19.1. The molecular weight excluding hydrogens is 363 g/mol. The van der Waals surface area contributed by atoms with Crippen molar-refractivity contribution in [2.75, 3.05) is 12.4 Å². The molecule has 0 radical (unpaired) electrons. The Bertz CT molecular complexity index is 1020. The highest BCUT2D eigenvalue weighted by molar-refractivity contribution is 6.03. The molecule has 0 fully saturated rings. The van der Waals surface area contributed by atoms with Crippen LogP contribution in [0.3, 0.4) is 0 Å². The number of amides is 1. The topological polar surface area (TPSA) is 78.3 Å². The lowest BCUT2D eigenvalue weighted by atomic mass is 10.1. The summed E-state index contributed by atoms with van der Waals surface area (Å²) in [6.07, 6.45) is -0.184. The van der Waals surface area contributed by atoms with Gasteiger partial charge >= 0.3 is 0 Å². The summed E-state index contributed by atoms with van der Waals surface area (Å²) in [6.45, 7) is 2.31. The predicted octanol–water partition coefficient (Wildman–Crippen LogP) is 3.26. The molecule has 28 heavy (non-hydrogen) atoms. The minimum atomic E-state index is -0.404. The van der Waals surface area contributed by atoms with Crippen LogP contribution in [0.4, 0.5) is 10.1 Å². The number of fused-ring (bicyclic) bond motifs is 1. The number of nitrogens with zero attached hydrogens (tertiary/aromatic N) is 3. The first-order valence-corrected chi connectivity index (χ1v) is 8.80. The third-order valence-electron chi connectivity index (χ3n) is 4.72. The Kier molecular flexibility index (Phi) is 4.79. The maximum atomic E-state index is 13.4. The molecule has 7 nitrogen and oxygen atoms in total. The van der Waals surface area contributed by atoms with Crippen molar-refractivity contribution in [3.05, 3.63) is 70.8 Å². The van der Waals surface area contributed by atoms with Gasteiger partial charge < -0.3 is 14.8 Å². The highest BCUT2D eigenvalue weighted by Crippen LogP contribution is 2.28. The summed E-state index contributed by atoms with van der Waals surface area (Å²) >= 11 is 0. The van der Waals surface area contributed by atoms with E-state index < -0.39 is 5.91 Å². The smallest absolute Gasteiger partial charge is 0.278 e. The largest absolute Gasteiger partial charge is 0.497 e. The van der Waals surface area contributed by atoms with Crippen LogP contribution in [-0.2, 0) is 17.9 Å². The van der Waals surface area contributed by atoms with E-state index in [1.54, 1.807) is 24.8 Å². The standard InChI is InChI=1S/C20H19FN4O3/c1-12-9-14(5-8-16(12)21)22-20(26)19-17-11-28-18(10-25(17)24-23-19)13-3-6-15(27-2)7-4-13/h3-9,18H,10-11H2,1-2H3,(H,22,26)/t18-/m1/s1. The van der Waals surface area contributed by atoms with Gasteiger partial charge in [0.25, 0.3) is 5.91 Å². The van der Waals surface area contributed by atoms with Gasteiger partial charge in [0, 0.05) is 5.69 Å². The van der Waals surface area contributed by atoms with E-state index in [1.807, 2.05) is 24.3 Å². The van der Waals surface area contributed by atoms with Gasteiger partial charge in [-0.15, -0.1) is 5.10 Å². The third-order valence-corrected chi connectivity index (χ3v) is 4.72. The highest BCUT2D eigenvalue weighted by Gasteiger charge is 2.27. The lowest BCUT2D eigenvalue weighted by Crippen LogP contribution is -2.24. The Morgan fingerprint density at radius 3 is 2.79 bits per heavy atom. The van der Waals surface area contributed by atoms with Crippen LogP contribution < -0.4 is 10.1 Å². The maximum absolute atomic E-state index is 13.4. The van der Waals surface area contributed by atoms with Crippen LogP contribution >= 0.6 is 0 Å². The fourth-order valence-corrected chi connectivity index (χ4v) is 3.12. The number of carbonyl (C=O) groups excluding carboxylic acids is 1. The number of hydrogen-bond donors (Lipinski definition) is 1. The molecule has 0 unspecified atom stereocenters. The zero-order valence-electron chi connectivity index (χ0n) is 15.5. The molecule has 0 bridgehead atoms. The number of carbonyl (C=O) groups is 1. The van der Waals surface area contributed by atoms with Gasteiger partial charge in [-0.1, -0.05) is 17.3 Å². The molecule has 2 aromatic carbocycles. The number of halogens is 1. The van der Waals surface area contributed by atoms with Gasteiger partial charge in [0.05, 0.1) is 26.0 Å². The SMILES string of the molecule is COc1ccc([C@H]2Cn3nnc(C(=O)Nc4ccc(F)c(C)c4)c3CO2)cc1. The molecule has 1 atom stereocenters. The number of rotatable bonds is 4. The average Bonchev–Trinajstić information content (AvgIpc) is 3.14. The van der Waals surface area contributed by atoms with Crippen LogP contribution in [0.5, 0.6) is 5.75 Å². The molecule has 3 aromatic rings. The van der Waals surface area contributed by atoms with Crippen LogP contribution in [0.2, 0.25) is 0 Å². The molecule has 0 saturated carbocycles. The summed E-state index contributed by atoms with van der Waals surface area (Å²) < 4.78 is 26.2. The number of methoxy groups -OCH3 is 1. The fraction of sp³-hybridized carbons (Fsp3) is 0.250. The molecule has 0 saturated heterocycles. The first-order valence-electron chi connectivity index (χ1n) is 8.80. The Balaban J connectivity index is 1.49. The van der Waals surface area contributed by atoms with E-state index in [1.165, 1.54) is 12.1 Å². The Morgan fingerprint density at radius 1 is 1.29 bits per heavy atom. The molecule has 1 amide bonds. The van der Waals surface area contributed by atoms with E-state index in [0.717, 1.165) is 11.3 Å². The fourth-order valence-electron chi connectivity index (χ4n) is 3.12. The van der Waals surface area contributed by atoms with E-state index >= 15 is 0 Å². The number of aryl methyl sites for hydroxylation is 1. The van der Waals surface area contributed by atoms with Crippen molar-refractivity contribution >= 4 is 11.6 Å². The number of aromatic nitrogens is 3. The molecule has 144 valence electrons. The van der Waals surface area contributed by atoms with Crippen LogP contribution in [0.25, 0.3) is 0 Å². The second kappa shape index (κ2) is 7.40. The zero-order chi connectivity index (χ0) is 19.7. The van der Waals surface area contributed by atoms with Crippen molar-refractivity contribution < 1.29 is 18.7 Å². The van der Waals surface area contributed by atoms with Crippen molar-refractivity contribution in [3.8, 4) is 5.75 Å². The van der Waals surface area contributed by atoms with E-state index in [4.69, 9.17) is 9.47 Å². The Hall–Kier alpha value is -3.26. The molecule has 1 aliphatic rings. The average molecular weight is 382 g/mol. The zero-order valence-corrected chi connectivity index (χ0v) is 15.5. The van der Waals surface area contributed by atoms with E-state index in [-0.39, 0.29) is 24.2 Å². The first-order chi connectivity index (χ1) is 13.5. The van der Waals surface area contributed by atoms with Crippen LogP contribution in [-0.4, -0.2) is 28.0 Å². The number of hydrogen-bond acceptors (Lipinski definition) is 5. The van der Waals surface area contributed by atoms with E-state index in [0.29, 0.717) is 23.5 Å².